The minimum absolute atomic E-state index is 0.0120. The van der Waals surface area contributed by atoms with Crippen LogP contribution >= 0.6 is 0 Å². The third-order valence-corrected chi connectivity index (χ3v) is 4.72. The van der Waals surface area contributed by atoms with Crippen molar-refractivity contribution in [2.45, 2.75) is 58.0 Å². The molecule has 2 aromatic heterocycles. The maximum atomic E-state index is 12.3. The normalized spacial score (nSPS) is 17.0. The molecule has 0 spiro atoms. The summed E-state index contributed by atoms with van der Waals surface area (Å²) in [5.74, 6) is 0. The summed E-state index contributed by atoms with van der Waals surface area (Å²) in [6.07, 6.45) is 9.75. The maximum Gasteiger partial charge on any atom is 0.258 e. The minimum Gasteiger partial charge on any atom is -0.298 e. The number of aryl methyl sites for hydroxylation is 1. The zero-order valence-electron chi connectivity index (χ0n) is 13.6. The summed E-state index contributed by atoms with van der Waals surface area (Å²) in [7, 11) is 2.16. The molecule has 118 valence electrons. The van der Waals surface area contributed by atoms with Crippen molar-refractivity contribution in [1.29, 1.82) is 0 Å². The van der Waals surface area contributed by atoms with E-state index in [-0.39, 0.29) is 5.56 Å². The summed E-state index contributed by atoms with van der Waals surface area (Å²) in [6, 6.07) is 6.23. The first-order valence-corrected chi connectivity index (χ1v) is 8.33. The molecule has 4 heteroatoms. The summed E-state index contributed by atoms with van der Waals surface area (Å²) in [5, 5.41) is 0. The second-order valence-electron chi connectivity index (χ2n) is 6.58. The monoisotopic (exact) mass is 299 g/mol. The molecule has 4 nitrogen and oxygen atoms in total. The van der Waals surface area contributed by atoms with Crippen LogP contribution < -0.4 is 5.56 Å². The highest BCUT2D eigenvalue weighted by Crippen LogP contribution is 2.21. The summed E-state index contributed by atoms with van der Waals surface area (Å²) in [5.41, 5.74) is 2.70. The number of pyridine rings is 1. The smallest absolute Gasteiger partial charge is 0.258 e. The van der Waals surface area contributed by atoms with Crippen LogP contribution in [0.1, 0.15) is 49.8 Å². The lowest BCUT2D eigenvalue weighted by molar-refractivity contribution is 0.211. The van der Waals surface area contributed by atoms with Gasteiger partial charge in [0.05, 0.1) is 5.69 Å². The fraction of sp³-hybridized carbons (Fsp3) is 0.556. The number of nitrogens with zero attached hydrogens (tertiary/aromatic N) is 3. The highest BCUT2D eigenvalue weighted by molar-refractivity contribution is 5.39. The molecule has 0 N–H and O–H groups in total. The van der Waals surface area contributed by atoms with Crippen molar-refractivity contribution in [1.82, 2.24) is 14.3 Å². The van der Waals surface area contributed by atoms with Gasteiger partial charge in [-0.25, -0.2) is 4.98 Å². The van der Waals surface area contributed by atoms with E-state index in [9.17, 15) is 4.79 Å². The molecule has 1 fully saturated rings. The molecule has 1 saturated carbocycles. The van der Waals surface area contributed by atoms with Crippen molar-refractivity contribution >= 4 is 5.65 Å². The van der Waals surface area contributed by atoms with E-state index in [1.54, 1.807) is 10.5 Å². The van der Waals surface area contributed by atoms with Crippen molar-refractivity contribution in [2.75, 3.05) is 7.05 Å². The van der Waals surface area contributed by atoms with E-state index < -0.39 is 0 Å². The van der Waals surface area contributed by atoms with Crippen molar-refractivity contribution in [2.24, 2.45) is 0 Å². The predicted molar refractivity (Wildman–Crippen MR) is 89.2 cm³/mol. The van der Waals surface area contributed by atoms with Crippen LogP contribution in [0, 0.1) is 6.92 Å². The van der Waals surface area contributed by atoms with Gasteiger partial charge >= 0.3 is 0 Å². The fourth-order valence-electron chi connectivity index (χ4n) is 3.42. The van der Waals surface area contributed by atoms with Gasteiger partial charge in [0.25, 0.3) is 5.56 Å². The highest BCUT2D eigenvalue weighted by atomic mass is 16.1. The van der Waals surface area contributed by atoms with Crippen LogP contribution in [0.5, 0.6) is 0 Å². The average molecular weight is 299 g/mol. The van der Waals surface area contributed by atoms with E-state index >= 15 is 0 Å². The standard InChI is InChI=1S/C18H25N3O/c1-14-9-10-17-19-15(11-18(22)21(17)12-14)13-20(2)16-7-5-3-4-6-8-16/h9-12,16H,3-8,13H2,1-2H3. The number of aromatic nitrogens is 2. The Labute approximate surface area is 131 Å². The molecule has 3 rings (SSSR count). The molecule has 0 atom stereocenters. The van der Waals surface area contributed by atoms with E-state index in [1.165, 1.54) is 38.5 Å². The Morgan fingerprint density at radius 1 is 1.23 bits per heavy atom. The number of fused-ring (bicyclic) bond motifs is 1. The van der Waals surface area contributed by atoms with E-state index in [4.69, 9.17) is 0 Å². The molecule has 1 aliphatic carbocycles. The molecule has 0 radical (unpaired) electrons. The van der Waals surface area contributed by atoms with Gasteiger partial charge in [0.2, 0.25) is 0 Å². The Kier molecular flexibility index (Phi) is 4.57. The first-order chi connectivity index (χ1) is 10.6. The van der Waals surface area contributed by atoms with Crippen molar-refractivity contribution in [3.63, 3.8) is 0 Å². The zero-order chi connectivity index (χ0) is 15.5. The molecular formula is C18H25N3O. The van der Waals surface area contributed by atoms with Crippen LogP contribution in [0.3, 0.4) is 0 Å². The lowest BCUT2D eigenvalue weighted by Gasteiger charge is -2.26. The molecule has 2 heterocycles. The van der Waals surface area contributed by atoms with Crippen molar-refractivity contribution in [3.8, 4) is 0 Å². The lowest BCUT2D eigenvalue weighted by atomic mass is 10.1. The fourth-order valence-corrected chi connectivity index (χ4v) is 3.42. The van der Waals surface area contributed by atoms with Crippen LogP contribution in [0.2, 0.25) is 0 Å². The third-order valence-electron chi connectivity index (χ3n) is 4.72. The minimum atomic E-state index is 0.0120. The number of rotatable bonds is 3. The van der Waals surface area contributed by atoms with Crippen molar-refractivity contribution < 1.29 is 0 Å². The Morgan fingerprint density at radius 3 is 2.68 bits per heavy atom. The quantitative estimate of drug-likeness (QED) is 0.817. The summed E-state index contributed by atoms with van der Waals surface area (Å²) >= 11 is 0. The molecule has 0 aliphatic heterocycles. The molecule has 0 bridgehead atoms. The second-order valence-corrected chi connectivity index (χ2v) is 6.58. The summed E-state index contributed by atoms with van der Waals surface area (Å²) in [4.78, 5) is 19.3. The summed E-state index contributed by atoms with van der Waals surface area (Å²) < 4.78 is 1.63. The summed E-state index contributed by atoms with van der Waals surface area (Å²) in [6.45, 7) is 2.74. The Hall–Kier alpha value is -1.68. The maximum absolute atomic E-state index is 12.3. The van der Waals surface area contributed by atoms with Crippen LogP contribution in [0.25, 0.3) is 5.65 Å². The number of hydrogen-bond donors (Lipinski definition) is 0. The molecule has 0 aromatic carbocycles. The molecule has 0 saturated heterocycles. The van der Waals surface area contributed by atoms with E-state index in [0.717, 1.165) is 23.4 Å². The number of hydrogen-bond acceptors (Lipinski definition) is 3. The third kappa shape index (κ3) is 3.38. The first-order valence-electron chi connectivity index (χ1n) is 8.33. The topological polar surface area (TPSA) is 37.6 Å². The van der Waals surface area contributed by atoms with E-state index in [0.29, 0.717) is 6.04 Å². The Morgan fingerprint density at radius 2 is 1.95 bits per heavy atom. The molecule has 22 heavy (non-hydrogen) atoms. The molecule has 0 amide bonds. The first kappa shape index (κ1) is 15.2. The van der Waals surface area contributed by atoms with Gasteiger partial charge < -0.3 is 0 Å². The molecular weight excluding hydrogens is 274 g/mol. The Bertz CT molecular complexity index is 699. The zero-order valence-corrected chi connectivity index (χ0v) is 13.6. The van der Waals surface area contributed by atoms with Gasteiger partial charge in [0.1, 0.15) is 5.65 Å². The van der Waals surface area contributed by atoms with Gasteiger partial charge in [-0.05, 0) is 38.4 Å². The van der Waals surface area contributed by atoms with Gasteiger partial charge in [-0.15, -0.1) is 0 Å². The van der Waals surface area contributed by atoms with Crippen LogP contribution in [0.15, 0.2) is 29.2 Å². The van der Waals surface area contributed by atoms with E-state index in [2.05, 4.69) is 16.9 Å². The molecule has 0 unspecified atom stereocenters. The van der Waals surface area contributed by atoms with E-state index in [1.807, 2.05) is 25.3 Å². The van der Waals surface area contributed by atoms with Crippen LogP contribution in [-0.2, 0) is 6.54 Å². The second kappa shape index (κ2) is 6.61. The average Bonchev–Trinajstić information content (AvgIpc) is 2.77. The van der Waals surface area contributed by atoms with Gasteiger partial charge in [-0.1, -0.05) is 31.7 Å². The molecule has 2 aromatic rings. The Balaban J connectivity index is 1.81. The largest absolute Gasteiger partial charge is 0.298 e. The van der Waals surface area contributed by atoms with Gasteiger partial charge in [-0.2, -0.15) is 0 Å². The highest BCUT2D eigenvalue weighted by Gasteiger charge is 2.17. The van der Waals surface area contributed by atoms with Gasteiger partial charge in [0, 0.05) is 24.8 Å². The SMILES string of the molecule is Cc1ccc2nc(CN(C)C3CCCCCC3)cc(=O)n2c1. The van der Waals surface area contributed by atoms with Crippen molar-refractivity contribution in [3.05, 3.63) is 46.0 Å². The predicted octanol–water partition coefficient (Wildman–Crippen LogP) is 3.16. The van der Waals surface area contributed by atoms with Crippen LogP contribution in [0.4, 0.5) is 0 Å². The molecule has 1 aliphatic rings. The van der Waals surface area contributed by atoms with Gasteiger partial charge in [0.15, 0.2) is 0 Å². The van der Waals surface area contributed by atoms with Gasteiger partial charge in [-0.3, -0.25) is 14.1 Å². The van der Waals surface area contributed by atoms with Crippen LogP contribution in [-0.4, -0.2) is 27.4 Å². The lowest BCUT2D eigenvalue weighted by Crippen LogP contribution is -2.31.